The molecule has 0 saturated carbocycles. The Labute approximate surface area is 216 Å². The molecule has 4 rings (SSSR count). The van der Waals surface area contributed by atoms with Crippen molar-refractivity contribution in [1.29, 1.82) is 0 Å². The SMILES string of the molecule is CS(=O)(=O)N(Cc1ccccc1)c1ccc(OCC(=O)Nc2ccccc2Sc2ccccc2)cc1. The third-order valence-corrected chi connectivity index (χ3v) is 7.42. The van der Waals surface area contributed by atoms with Gasteiger partial charge in [0.2, 0.25) is 10.0 Å². The lowest BCUT2D eigenvalue weighted by Crippen LogP contribution is -2.29. The second-order valence-corrected chi connectivity index (χ2v) is 11.0. The molecule has 0 atom stereocenters. The lowest BCUT2D eigenvalue weighted by molar-refractivity contribution is -0.118. The minimum Gasteiger partial charge on any atom is -0.484 e. The van der Waals surface area contributed by atoms with Crippen LogP contribution in [0.2, 0.25) is 0 Å². The molecule has 0 radical (unpaired) electrons. The van der Waals surface area contributed by atoms with Gasteiger partial charge in [-0.2, -0.15) is 0 Å². The summed E-state index contributed by atoms with van der Waals surface area (Å²) >= 11 is 1.57. The molecule has 0 aliphatic rings. The van der Waals surface area contributed by atoms with Gasteiger partial charge < -0.3 is 10.1 Å². The van der Waals surface area contributed by atoms with Crippen molar-refractivity contribution in [3.63, 3.8) is 0 Å². The van der Waals surface area contributed by atoms with Gasteiger partial charge in [-0.05, 0) is 54.1 Å². The van der Waals surface area contributed by atoms with Gasteiger partial charge in [-0.25, -0.2) is 8.42 Å². The van der Waals surface area contributed by atoms with E-state index in [2.05, 4.69) is 5.32 Å². The van der Waals surface area contributed by atoms with E-state index >= 15 is 0 Å². The largest absolute Gasteiger partial charge is 0.484 e. The topological polar surface area (TPSA) is 75.7 Å². The molecule has 0 aliphatic carbocycles. The molecule has 36 heavy (non-hydrogen) atoms. The number of nitrogens with one attached hydrogen (secondary N) is 1. The number of ether oxygens (including phenoxy) is 1. The molecule has 184 valence electrons. The third-order valence-electron chi connectivity index (χ3n) is 5.20. The van der Waals surface area contributed by atoms with Crippen LogP contribution in [-0.2, 0) is 21.4 Å². The normalized spacial score (nSPS) is 11.0. The van der Waals surface area contributed by atoms with E-state index < -0.39 is 10.0 Å². The van der Waals surface area contributed by atoms with E-state index in [1.165, 1.54) is 10.6 Å². The van der Waals surface area contributed by atoms with E-state index in [1.54, 1.807) is 36.0 Å². The fourth-order valence-electron chi connectivity index (χ4n) is 3.47. The number of amides is 1. The Morgan fingerprint density at radius 2 is 1.44 bits per heavy atom. The van der Waals surface area contributed by atoms with Crippen LogP contribution in [-0.4, -0.2) is 27.2 Å². The standard InChI is InChI=1S/C28H26N2O4S2/c1-36(32,33)30(20-22-10-4-2-5-11-22)23-16-18-24(19-17-23)34-21-28(31)29-26-14-8-9-15-27(26)35-25-12-6-3-7-13-25/h2-19H,20-21H2,1H3,(H,29,31). The van der Waals surface area contributed by atoms with Crippen molar-refractivity contribution in [1.82, 2.24) is 0 Å². The number of hydrogen-bond acceptors (Lipinski definition) is 5. The van der Waals surface area contributed by atoms with E-state index in [9.17, 15) is 13.2 Å². The molecule has 8 heteroatoms. The van der Waals surface area contributed by atoms with Gasteiger partial charge in [-0.1, -0.05) is 72.4 Å². The van der Waals surface area contributed by atoms with Crippen LogP contribution in [0.4, 0.5) is 11.4 Å². The molecule has 0 saturated heterocycles. The second kappa shape index (κ2) is 11.8. The van der Waals surface area contributed by atoms with Crippen molar-refractivity contribution in [3.05, 3.63) is 115 Å². The molecular formula is C28H26N2O4S2. The smallest absolute Gasteiger partial charge is 0.262 e. The minimum atomic E-state index is -3.49. The van der Waals surface area contributed by atoms with Gasteiger partial charge in [0.25, 0.3) is 5.91 Å². The summed E-state index contributed by atoms with van der Waals surface area (Å²) in [5, 5.41) is 2.91. The highest BCUT2D eigenvalue weighted by Gasteiger charge is 2.18. The van der Waals surface area contributed by atoms with E-state index in [-0.39, 0.29) is 19.1 Å². The number of carbonyl (C=O) groups is 1. The van der Waals surface area contributed by atoms with Gasteiger partial charge in [0, 0.05) is 9.79 Å². The average Bonchev–Trinajstić information content (AvgIpc) is 2.88. The van der Waals surface area contributed by atoms with Crippen LogP contribution in [0.3, 0.4) is 0 Å². The highest BCUT2D eigenvalue weighted by Crippen LogP contribution is 2.33. The highest BCUT2D eigenvalue weighted by atomic mass is 32.2. The summed E-state index contributed by atoms with van der Waals surface area (Å²) in [4.78, 5) is 14.6. The zero-order chi connectivity index (χ0) is 25.4. The van der Waals surface area contributed by atoms with Crippen molar-refractivity contribution < 1.29 is 17.9 Å². The van der Waals surface area contributed by atoms with Crippen LogP contribution < -0.4 is 14.4 Å². The van der Waals surface area contributed by atoms with Crippen molar-refractivity contribution in [2.45, 2.75) is 16.3 Å². The van der Waals surface area contributed by atoms with Crippen LogP contribution in [0.15, 0.2) is 119 Å². The van der Waals surface area contributed by atoms with E-state index in [0.717, 1.165) is 15.4 Å². The summed E-state index contributed by atoms with van der Waals surface area (Å²) in [6, 6.07) is 33.6. The molecule has 0 spiro atoms. The number of anilines is 2. The number of carbonyl (C=O) groups excluding carboxylic acids is 1. The van der Waals surface area contributed by atoms with Crippen LogP contribution in [0.25, 0.3) is 0 Å². The number of sulfonamides is 1. The van der Waals surface area contributed by atoms with Gasteiger partial charge in [0.05, 0.1) is 24.2 Å². The molecular weight excluding hydrogens is 492 g/mol. The summed E-state index contributed by atoms with van der Waals surface area (Å²) in [7, 11) is -3.49. The van der Waals surface area contributed by atoms with Crippen molar-refractivity contribution in [2.24, 2.45) is 0 Å². The van der Waals surface area contributed by atoms with E-state index in [0.29, 0.717) is 17.1 Å². The summed E-state index contributed by atoms with van der Waals surface area (Å²) in [5.74, 6) is 0.177. The lowest BCUT2D eigenvalue weighted by Gasteiger charge is -2.22. The lowest BCUT2D eigenvalue weighted by atomic mass is 10.2. The maximum Gasteiger partial charge on any atom is 0.262 e. The highest BCUT2D eigenvalue weighted by molar-refractivity contribution is 7.99. The molecule has 1 N–H and O–H groups in total. The molecule has 4 aromatic carbocycles. The number of benzene rings is 4. The van der Waals surface area contributed by atoms with Crippen LogP contribution >= 0.6 is 11.8 Å². The quantitative estimate of drug-likeness (QED) is 0.286. The van der Waals surface area contributed by atoms with Crippen LogP contribution in [0.5, 0.6) is 5.75 Å². The predicted molar refractivity (Wildman–Crippen MR) is 145 cm³/mol. The molecule has 0 aliphatic heterocycles. The molecule has 0 unspecified atom stereocenters. The van der Waals surface area contributed by atoms with E-state index in [4.69, 9.17) is 4.74 Å². The number of rotatable bonds is 10. The maximum atomic E-state index is 12.6. The molecule has 0 aromatic heterocycles. The first-order valence-electron chi connectivity index (χ1n) is 11.2. The Balaban J connectivity index is 1.37. The van der Waals surface area contributed by atoms with Crippen LogP contribution in [0.1, 0.15) is 5.56 Å². The zero-order valence-corrected chi connectivity index (χ0v) is 21.3. The van der Waals surface area contributed by atoms with E-state index in [1.807, 2.05) is 84.9 Å². The fourth-order valence-corrected chi connectivity index (χ4v) is 5.28. The predicted octanol–water partition coefficient (Wildman–Crippen LogP) is 5.82. The second-order valence-electron chi connectivity index (χ2n) is 8.00. The average molecular weight is 519 g/mol. The Morgan fingerprint density at radius 1 is 0.833 bits per heavy atom. The fraction of sp³-hybridized carbons (Fsp3) is 0.107. The summed E-state index contributed by atoms with van der Waals surface area (Å²) in [6.45, 7) is 0.0478. The third kappa shape index (κ3) is 7.13. The first-order valence-corrected chi connectivity index (χ1v) is 13.9. The van der Waals surface area contributed by atoms with Gasteiger partial charge in [0.15, 0.2) is 6.61 Å². The summed E-state index contributed by atoms with van der Waals surface area (Å²) < 4.78 is 31.8. The molecule has 4 aromatic rings. The van der Waals surface area contributed by atoms with Crippen molar-refractivity contribution >= 4 is 39.1 Å². The number of para-hydroxylation sites is 1. The van der Waals surface area contributed by atoms with Gasteiger partial charge in [-0.3, -0.25) is 9.10 Å². The molecule has 0 bridgehead atoms. The van der Waals surface area contributed by atoms with Gasteiger partial charge in [-0.15, -0.1) is 0 Å². The van der Waals surface area contributed by atoms with Gasteiger partial charge >= 0.3 is 0 Å². The number of nitrogens with zero attached hydrogens (tertiary/aromatic N) is 1. The zero-order valence-electron chi connectivity index (χ0n) is 19.7. The van der Waals surface area contributed by atoms with Gasteiger partial charge in [0.1, 0.15) is 5.75 Å². The Hall–Kier alpha value is -3.75. The molecule has 6 nitrogen and oxygen atoms in total. The Bertz CT molecular complexity index is 1390. The summed E-state index contributed by atoms with van der Waals surface area (Å²) in [5.41, 5.74) is 2.11. The van der Waals surface area contributed by atoms with Crippen molar-refractivity contribution in [3.8, 4) is 5.75 Å². The minimum absolute atomic E-state index is 0.177. The van der Waals surface area contributed by atoms with Crippen molar-refractivity contribution in [2.75, 3.05) is 22.5 Å². The Kier molecular flexibility index (Phi) is 8.30. The molecule has 0 heterocycles. The summed E-state index contributed by atoms with van der Waals surface area (Å²) in [6.07, 6.45) is 1.18. The maximum absolute atomic E-state index is 12.6. The first-order chi connectivity index (χ1) is 17.4. The Morgan fingerprint density at radius 3 is 2.11 bits per heavy atom. The molecule has 0 fully saturated rings. The first kappa shape index (κ1) is 25.3. The monoisotopic (exact) mass is 518 g/mol. The number of hydrogen-bond donors (Lipinski definition) is 1. The van der Waals surface area contributed by atoms with Crippen LogP contribution in [0, 0.1) is 0 Å². The molecule has 1 amide bonds.